The molecule has 100 valence electrons. The topological polar surface area (TPSA) is 39.2 Å². The number of nitrogens with zero attached hydrogens (tertiary/aromatic N) is 1. The summed E-state index contributed by atoms with van der Waals surface area (Å²) in [6, 6.07) is 1.61. The summed E-state index contributed by atoms with van der Waals surface area (Å²) in [5.41, 5.74) is 0.440. The highest BCUT2D eigenvalue weighted by Crippen LogP contribution is 2.28. The molecule has 0 saturated heterocycles. The van der Waals surface area contributed by atoms with Crippen LogP contribution in [0.25, 0.3) is 0 Å². The van der Waals surface area contributed by atoms with Crippen molar-refractivity contribution in [3.05, 3.63) is 27.5 Å². The molecule has 0 bridgehead atoms. The van der Waals surface area contributed by atoms with Crippen LogP contribution in [0.1, 0.15) is 30.2 Å². The molecule has 0 unspecified atom stereocenters. The van der Waals surface area contributed by atoms with Gasteiger partial charge in [0.25, 0.3) is 6.43 Å². The third-order valence-corrected chi connectivity index (χ3v) is 3.20. The number of halogens is 4. The van der Waals surface area contributed by atoms with E-state index in [1.165, 1.54) is 0 Å². The van der Waals surface area contributed by atoms with Crippen molar-refractivity contribution in [1.29, 1.82) is 0 Å². The lowest BCUT2D eigenvalue weighted by Gasteiger charge is -2.12. The van der Waals surface area contributed by atoms with Gasteiger partial charge in [0.2, 0.25) is 0 Å². The van der Waals surface area contributed by atoms with Gasteiger partial charge in [-0.3, -0.25) is 4.79 Å². The molecule has 0 N–H and O–H groups in total. The fourth-order valence-electron chi connectivity index (χ4n) is 1.47. The lowest BCUT2D eigenvalue weighted by Crippen LogP contribution is -2.12. The van der Waals surface area contributed by atoms with E-state index in [0.29, 0.717) is 15.5 Å². The molecular formula is C11H11Br2F2NO2. The number of rotatable bonds is 5. The zero-order valence-corrected chi connectivity index (χ0v) is 12.7. The molecule has 0 aliphatic heterocycles. The van der Waals surface area contributed by atoms with Gasteiger partial charge in [0.1, 0.15) is 10.3 Å². The van der Waals surface area contributed by atoms with E-state index in [1.807, 2.05) is 0 Å². The Hall–Kier alpha value is -0.560. The molecule has 0 aliphatic carbocycles. The number of alkyl halides is 3. The average Bonchev–Trinajstić information content (AvgIpc) is 2.30. The predicted octanol–water partition coefficient (Wildman–Crippen LogP) is 3.78. The zero-order chi connectivity index (χ0) is 13.7. The van der Waals surface area contributed by atoms with Crippen LogP contribution in [0.4, 0.5) is 8.78 Å². The van der Waals surface area contributed by atoms with Crippen LogP contribution in [0.2, 0.25) is 0 Å². The van der Waals surface area contributed by atoms with Crippen LogP contribution in [0.5, 0.6) is 0 Å². The zero-order valence-electron chi connectivity index (χ0n) is 9.55. The van der Waals surface area contributed by atoms with Crippen molar-refractivity contribution in [2.45, 2.75) is 25.1 Å². The van der Waals surface area contributed by atoms with Crippen molar-refractivity contribution in [3.8, 4) is 0 Å². The molecule has 7 heteroatoms. The first-order valence-corrected chi connectivity index (χ1v) is 7.09. The van der Waals surface area contributed by atoms with Gasteiger partial charge in [-0.15, -0.1) is 0 Å². The second-order valence-corrected chi connectivity index (χ2v) is 4.76. The van der Waals surface area contributed by atoms with E-state index in [0.717, 1.165) is 0 Å². The summed E-state index contributed by atoms with van der Waals surface area (Å²) in [5, 5.41) is 0.364. The first-order valence-electron chi connectivity index (χ1n) is 5.17. The highest BCUT2D eigenvalue weighted by Gasteiger charge is 2.21. The maximum Gasteiger partial charge on any atom is 0.310 e. The Morgan fingerprint density at radius 3 is 2.72 bits per heavy atom. The van der Waals surface area contributed by atoms with E-state index < -0.39 is 12.4 Å². The number of pyridine rings is 1. The molecule has 1 rings (SSSR count). The largest absolute Gasteiger partial charge is 0.466 e. The normalized spacial score (nSPS) is 10.8. The van der Waals surface area contributed by atoms with E-state index in [9.17, 15) is 13.6 Å². The Bertz CT molecular complexity index is 441. The lowest BCUT2D eigenvalue weighted by molar-refractivity contribution is -0.142. The maximum absolute atomic E-state index is 12.9. The van der Waals surface area contributed by atoms with Crippen LogP contribution in [0, 0.1) is 0 Å². The summed E-state index contributed by atoms with van der Waals surface area (Å²) in [5.74, 6) is -0.536. The molecule has 0 atom stereocenters. The van der Waals surface area contributed by atoms with Gasteiger partial charge in [-0.05, 0) is 40.0 Å². The summed E-state index contributed by atoms with van der Waals surface area (Å²) in [7, 11) is 0. The van der Waals surface area contributed by atoms with E-state index >= 15 is 0 Å². The monoisotopic (exact) mass is 385 g/mol. The molecule has 1 aromatic heterocycles. The Balaban J connectivity index is 3.16. The first-order chi connectivity index (χ1) is 8.49. The molecule has 0 spiro atoms. The number of hydrogen-bond donors (Lipinski definition) is 0. The smallest absolute Gasteiger partial charge is 0.310 e. The van der Waals surface area contributed by atoms with Crippen LogP contribution in [0.15, 0.2) is 10.7 Å². The van der Waals surface area contributed by atoms with E-state index in [1.54, 1.807) is 13.0 Å². The Kier molecular flexibility index (Phi) is 6.14. The van der Waals surface area contributed by atoms with Gasteiger partial charge in [-0.25, -0.2) is 13.8 Å². The number of esters is 1. The number of carbonyl (C=O) groups is 1. The summed E-state index contributed by atoms with van der Waals surface area (Å²) in [4.78, 5) is 15.2. The van der Waals surface area contributed by atoms with Gasteiger partial charge in [-0.1, -0.05) is 15.9 Å². The van der Waals surface area contributed by atoms with Crippen LogP contribution in [-0.4, -0.2) is 17.6 Å². The van der Waals surface area contributed by atoms with Gasteiger partial charge < -0.3 is 4.74 Å². The van der Waals surface area contributed by atoms with Crippen molar-refractivity contribution in [2.24, 2.45) is 0 Å². The average molecular weight is 387 g/mol. The molecule has 0 aliphatic rings. The minimum absolute atomic E-state index is 0.200. The first kappa shape index (κ1) is 15.5. The van der Waals surface area contributed by atoms with Gasteiger partial charge in [0.15, 0.2) is 0 Å². The molecule has 1 heterocycles. The van der Waals surface area contributed by atoms with Crippen LogP contribution in [0.3, 0.4) is 0 Å². The molecular weight excluding hydrogens is 376 g/mol. The van der Waals surface area contributed by atoms with Crippen molar-refractivity contribution < 1.29 is 18.3 Å². The fraction of sp³-hybridized carbons (Fsp3) is 0.455. The second-order valence-electron chi connectivity index (χ2n) is 3.38. The highest BCUT2D eigenvalue weighted by atomic mass is 79.9. The minimum Gasteiger partial charge on any atom is -0.466 e. The predicted molar refractivity (Wildman–Crippen MR) is 69.9 cm³/mol. The molecule has 1 aromatic rings. The molecule has 0 aromatic carbocycles. The maximum atomic E-state index is 12.9. The van der Waals surface area contributed by atoms with E-state index in [2.05, 4.69) is 36.8 Å². The molecule has 0 saturated carbocycles. The fourth-order valence-corrected chi connectivity index (χ4v) is 2.44. The number of aromatic nitrogens is 1. The SMILES string of the molecule is CCOC(=O)Cc1c(CBr)cc(Br)nc1C(F)F. The molecule has 3 nitrogen and oxygen atoms in total. The highest BCUT2D eigenvalue weighted by molar-refractivity contribution is 9.10. The minimum atomic E-state index is -2.73. The van der Waals surface area contributed by atoms with E-state index in [-0.39, 0.29) is 24.3 Å². The quantitative estimate of drug-likeness (QED) is 0.439. The number of ether oxygens (including phenoxy) is 1. The molecule has 0 fully saturated rings. The third-order valence-electron chi connectivity index (χ3n) is 2.19. The molecule has 0 amide bonds. The molecule has 18 heavy (non-hydrogen) atoms. The summed E-state index contributed by atoms with van der Waals surface area (Å²) in [6.45, 7) is 1.88. The van der Waals surface area contributed by atoms with Crippen molar-refractivity contribution >= 4 is 37.8 Å². The van der Waals surface area contributed by atoms with Gasteiger partial charge >= 0.3 is 5.97 Å². The Morgan fingerprint density at radius 2 is 2.22 bits per heavy atom. The van der Waals surface area contributed by atoms with Crippen LogP contribution >= 0.6 is 31.9 Å². The second kappa shape index (κ2) is 7.13. The van der Waals surface area contributed by atoms with Crippen LogP contribution < -0.4 is 0 Å². The van der Waals surface area contributed by atoms with E-state index in [4.69, 9.17) is 4.74 Å². The summed E-state index contributed by atoms with van der Waals surface area (Å²) >= 11 is 6.28. The van der Waals surface area contributed by atoms with Gasteiger partial charge in [0, 0.05) is 5.33 Å². The molecule has 0 radical (unpaired) electrons. The third kappa shape index (κ3) is 3.98. The van der Waals surface area contributed by atoms with Crippen molar-refractivity contribution in [2.75, 3.05) is 6.61 Å². The van der Waals surface area contributed by atoms with Gasteiger partial charge in [-0.2, -0.15) is 0 Å². The summed E-state index contributed by atoms with van der Waals surface area (Å²) in [6.07, 6.45) is -2.93. The van der Waals surface area contributed by atoms with Gasteiger partial charge in [0.05, 0.1) is 13.0 Å². The summed E-state index contributed by atoms with van der Waals surface area (Å²) < 4.78 is 30.9. The number of carbonyl (C=O) groups excluding carboxylic acids is 1. The number of hydrogen-bond acceptors (Lipinski definition) is 3. The Labute approximate surface area is 120 Å². The van der Waals surface area contributed by atoms with Crippen molar-refractivity contribution in [1.82, 2.24) is 4.98 Å². The standard InChI is InChI=1S/C11H11Br2F2NO2/c1-2-18-9(17)4-7-6(5-12)3-8(13)16-10(7)11(14)15/h3,11H,2,4-5H2,1H3. The Morgan fingerprint density at radius 1 is 1.56 bits per heavy atom. The van der Waals surface area contributed by atoms with Crippen molar-refractivity contribution in [3.63, 3.8) is 0 Å². The lowest BCUT2D eigenvalue weighted by atomic mass is 10.0. The van der Waals surface area contributed by atoms with Crippen LogP contribution in [-0.2, 0) is 21.3 Å².